The summed E-state index contributed by atoms with van der Waals surface area (Å²) in [6.07, 6.45) is 2.74. The second-order valence-electron chi connectivity index (χ2n) is 10.2. The fourth-order valence-corrected chi connectivity index (χ4v) is 4.66. The number of benzene rings is 3. The fraction of sp³-hybridized carbons (Fsp3) is 0.312. The molecular formula is C32H37N3O3. The van der Waals surface area contributed by atoms with Gasteiger partial charge in [0.25, 0.3) is 5.91 Å². The van der Waals surface area contributed by atoms with Crippen molar-refractivity contribution in [2.75, 3.05) is 26.7 Å². The molecule has 0 saturated heterocycles. The number of aryl methyl sites for hydroxylation is 1. The summed E-state index contributed by atoms with van der Waals surface area (Å²) in [6, 6.07) is 23.6. The van der Waals surface area contributed by atoms with Crippen LogP contribution < -0.4 is 4.74 Å². The Morgan fingerprint density at radius 1 is 0.947 bits per heavy atom. The number of ether oxygens (including phenoxy) is 1. The van der Waals surface area contributed by atoms with Crippen LogP contribution in [0.15, 0.2) is 79.0 Å². The summed E-state index contributed by atoms with van der Waals surface area (Å²) in [4.78, 5) is 34.1. The van der Waals surface area contributed by atoms with Crippen LogP contribution in [0.25, 0.3) is 10.9 Å². The molecule has 4 aromatic rings. The van der Waals surface area contributed by atoms with Gasteiger partial charge in [0.15, 0.2) is 0 Å². The van der Waals surface area contributed by atoms with Gasteiger partial charge in [0, 0.05) is 42.3 Å². The molecule has 0 spiro atoms. The van der Waals surface area contributed by atoms with E-state index in [1.54, 1.807) is 30.2 Å². The van der Waals surface area contributed by atoms with Crippen LogP contribution in [0.4, 0.5) is 0 Å². The quantitative estimate of drug-likeness (QED) is 0.275. The fourth-order valence-electron chi connectivity index (χ4n) is 4.66. The number of carbonyl (C=O) groups excluding carboxylic acids is 2. The number of aromatic amines is 1. The third-order valence-electron chi connectivity index (χ3n) is 6.69. The van der Waals surface area contributed by atoms with E-state index in [2.05, 4.69) is 62.2 Å². The Balaban J connectivity index is 1.55. The normalized spacial score (nSPS) is 11.1. The maximum Gasteiger partial charge on any atom is 0.254 e. The number of carbonyl (C=O) groups is 2. The molecule has 1 heterocycles. The van der Waals surface area contributed by atoms with Gasteiger partial charge in [-0.2, -0.15) is 0 Å². The Labute approximate surface area is 225 Å². The molecular weight excluding hydrogens is 474 g/mol. The van der Waals surface area contributed by atoms with Gasteiger partial charge >= 0.3 is 0 Å². The minimum absolute atomic E-state index is 0.0218. The van der Waals surface area contributed by atoms with Crippen molar-refractivity contribution in [2.24, 2.45) is 5.92 Å². The number of rotatable bonds is 11. The molecule has 198 valence electrons. The first kappa shape index (κ1) is 27.0. The number of amides is 2. The van der Waals surface area contributed by atoms with Crippen LogP contribution in [0.1, 0.15) is 40.9 Å². The molecule has 1 N–H and O–H groups in total. The molecule has 0 atom stereocenters. The number of H-pyrrole nitrogens is 1. The maximum absolute atomic E-state index is 13.8. The lowest BCUT2D eigenvalue weighted by Gasteiger charge is -2.29. The molecule has 0 aliphatic rings. The number of hydrogen-bond acceptors (Lipinski definition) is 3. The van der Waals surface area contributed by atoms with Gasteiger partial charge in [0.05, 0.1) is 7.11 Å². The SMILES string of the molecule is COc1cccc(C(=O)N(CC(=O)N(CCc2c[nH]c3ccccc23)Cc2ccc(C)cc2)CC(C)C)c1. The highest BCUT2D eigenvalue weighted by Crippen LogP contribution is 2.20. The zero-order valence-corrected chi connectivity index (χ0v) is 22.7. The summed E-state index contributed by atoms with van der Waals surface area (Å²) < 4.78 is 5.31. The summed E-state index contributed by atoms with van der Waals surface area (Å²) in [5.74, 6) is 0.598. The topological polar surface area (TPSA) is 65.6 Å². The standard InChI is InChI=1S/C32H37N3O3/c1-23(2)20-35(32(37)26-8-7-9-28(18-26)38-4)22-31(36)34(21-25-14-12-24(3)13-15-25)17-16-27-19-33-30-11-6-5-10-29(27)30/h5-15,18-19,23,33H,16-17,20-22H2,1-4H3. The van der Waals surface area contributed by atoms with Crippen molar-refractivity contribution >= 4 is 22.7 Å². The number of fused-ring (bicyclic) bond motifs is 1. The van der Waals surface area contributed by atoms with Gasteiger partial charge in [-0.15, -0.1) is 0 Å². The number of nitrogens with one attached hydrogen (secondary N) is 1. The van der Waals surface area contributed by atoms with Crippen LogP contribution in [-0.4, -0.2) is 53.3 Å². The molecule has 0 radical (unpaired) electrons. The molecule has 6 nitrogen and oxygen atoms in total. The molecule has 3 aromatic carbocycles. The summed E-state index contributed by atoms with van der Waals surface area (Å²) >= 11 is 0. The second kappa shape index (κ2) is 12.5. The molecule has 0 bridgehead atoms. The zero-order chi connectivity index (χ0) is 27.1. The van der Waals surface area contributed by atoms with Gasteiger partial charge in [-0.1, -0.05) is 67.9 Å². The third-order valence-corrected chi connectivity index (χ3v) is 6.69. The van der Waals surface area contributed by atoms with E-state index in [4.69, 9.17) is 4.74 Å². The lowest BCUT2D eigenvalue weighted by atomic mass is 10.1. The highest BCUT2D eigenvalue weighted by atomic mass is 16.5. The van der Waals surface area contributed by atoms with Crippen molar-refractivity contribution in [2.45, 2.75) is 33.7 Å². The molecule has 0 fully saturated rings. The average molecular weight is 512 g/mol. The van der Waals surface area contributed by atoms with E-state index in [0.717, 1.165) is 17.5 Å². The molecule has 0 aliphatic heterocycles. The van der Waals surface area contributed by atoms with Crippen LogP contribution in [0.5, 0.6) is 5.75 Å². The summed E-state index contributed by atoms with van der Waals surface area (Å²) in [5, 5.41) is 1.17. The van der Waals surface area contributed by atoms with Gasteiger partial charge in [0.2, 0.25) is 5.91 Å². The molecule has 1 aromatic heterocycles. The van der Waals surface area contributed by atoms with Crippen molar-refractivity contribution in [3.05, 3.63) is 101 Å². The average Bonchev–Trinajstić information content (AvgIpc) is 3.34. The third kappa shape index (κ3) is 6.82. The van der Waals surface area contributed by atoms with Gasteiger partial charge in [0.1, 0.15) is 12.3 Å². The molecule has 0 unspecified atom stereocenters. The smallest absolute Gasteiger partial charge is 0.254 e. The highest BCUT2D eigenvalue weighted by molar-refractivity contribution is 5.97. The molecule has 0 saturated carbocycles. The lowest BCUT2D eigenvalue weighted by Crippen LogP contribution is -2.44. The van der Waals surface area contributed by atoms with Crippen LogP contribution >= 0.6 is 0 Å². The van der Waals surface area contributed by atoms with E-state index in [0.29, 0.717) is 30.9 Å². The predicted molar refractivity (Wildman–Crippen MR) is 152 cm³/mol. The molecule has 38 heavy (non-hydrogen) atoms. The van der Waals surface area contributed by atoms with Gasteiger partial charge in [-0.3, -0.25) is 9.59 Å². The van der Waals surface area contributed by atoms with Crippen molar-refractivity contribution in [1.29, 1.82) is 0 Å². The van der Waals surface area contributed by atoms with Crippen molar-refractivity contribution < 1.29 is 14.3 Å². The highest BCUT2D eigenvalue weighted by Gasteiger charge is 2.24. The largest absolute Gasteiger partial charge is 0.497 e. The number of methoxy groups -OCH3 is 1. The summed E-state index contributed by atoms with van der Waals surface area (Å²) in [7, 11) is 1.58. The minimum Gasteiger partial charge on any atom is -0.497 e. The maximum atomic E-state index is 13.8. The predicted octanol–water partition coefficient (Wildman–Crippen LogP) is 5.85. The van der Waals surface area contributed by atoms with E-state index in [1.807, 2.05) is 29.3 Å². The van der Waals surface area contributed by atoms with E-state index in [-0.39, 0.29) is 24.3 Å². The molecule has 0 aliphatic carbocycles. The van der Waals surface area contributed by atoms with E-state index in [1.165, 1.54) is 16.5 Å². The van der Waals surface area contributed by atoms with E-state index >= 15 is 0 Å². The first-order chi connectivity index (χ1) is 18.3. The number of aromatic nitrogens is 1. The summed E-state index contributed by atoms with van der Waals surface area (Å²) in [5.41, 5.74) is 5.02. The first-order valence-corrected chi connectivity index (χ1v) is 13.2. The Kier molecular flexibility index (Phi) is 8.85. The Morgan fingerprint density at radius 2 is 1.71 bits per heavy atom. The Morgan fingerprint density at radius 3 is 2.45 bits per heavy atom. The van der Waals surface area contributed by atoms with E-state index in [9.17, 15) is 9.59 Å². The minimum atomic E-state index is -0.169. The van der Waals surface area contributed by atoms with Gasteiger partial charge < -0.3 is 19.5 Å². The summed E-state index contributed by atoms with van der Waals surface area (Å²) in [6.45, 7) is 7.71. The Hall–Kier alpha value is -4.06. The van der Waals surface area contributed by atoms with E-state index < -0.39 is 0 Å². The zero-order valence-electron chi connectivity index (χ0n) is 22.7. The second-order valence-corrected chi connectivity index (χ2v) is 10.2. The van der Waals surface area contributed by atoms with Crippen LogP contribution in [0, 0.1) is 12.8 Å². The van der Waals surface area contributed by atoms with Crippen LogP contribution in [0.3, 0.4) is 0 Å². The van der Waals surface area contributed by atoms with Crippen LogP contribution in [0.2, 0.25) is 0 Å². The first-order valence-electron chi connectivity index (χ1n) is 13.2. The van der Waals surface area contributed by atoms with Crippen LogP contribution in [-0.2, 0) is 17.8 Å². The van der Waals surface area contributed by atoms with Crippen molar-refractivity contribution in [3.63, 3.8) is 0 Å². The molecule has 2 amide bonds. The van der Waals surface area contributed by atoms with Gasteiger partial charge in [-0.05, 0) is 54.7 Å². The van der Waals surface area contributed by atoms with Gasteiger partial charge in [-0.25, -0.2) is 0 Å². The molecule has 4 rings (SSSR count). The lowest BCUT2D eigenvalue weighted by molar-refractivity contribution is -0.132. The molecule has 6 heteroatoms. The number of nitrogens with zero attached hydrogens (tertiary/aromatic N) is 2. The van der Waals surface area contributed by atoms with Crippen molar-refractivity contribution in [1.82, 2.24) is 14.8 Å². The number of hydrogen-bond donors (Lipinski definition) is 1. The van der Waals surface area contributed by atoms with Crippen molar-refractivity contribution in [3.8, 4) is 5.75 Å². The Bertz CT molecular complexity index is 1370. The number of para-hydroxylation sites is 1. The monoisotopic (exact) mass is 511 g/mol.